The Balaban J connectivity index is 1.97. The zero-order valence-electron chi connectivity index (χ0n) is 18.9. The molecule has 0 aromatic heterocycles. The number of rotatable bonds is 18. The van der Waals surface area contributed by atoms with Crippen LogP contribution in [0.5, 0.6) is 0 Å². The molecule has 1 aliphatic rings. The summed E-state index contributed by atoms with van der Waals surface area (Å²) in [6, 6.07) is 0. The normalized spacial score (nSPS) is 18.4. The maximum Gasteiger partial charge on any atom is 0.374 e. The van der Waals surface area contributed by atoms with Gasteiger partial charge in [0.2, 0.25) is 11.4 Å². The van der Waals surface area contributed by atoms with Gasteiger partial charge in [-0.2, -0.15) is 0 Å². The zero-order chi connectivity index (χ0) is 21.4. The monoisotopic (exact) mass is 410 g/mol. The van der Waals surface area contributed by atoms with Gasteiger partial charge in [-0.25, -0.2) is 9.59 Å². The minimum Gasteiger partial charge on any atom is -0.487 e. The van der Waals surface area contributed by atoms with Gasteiger partial charge in [-0.1, -0.05) is 90.4 Å². The predicted octanol–water partition coefficient (Wildman–Crippen LogP) is 6.25. The molecule has 0 fully saturated rings. The van der Waals surface area contributed by atoms with Crippen LogP contribution < -0.4 is 0 Å². The molecule has 1 aliphatic heterocycles. The highest BCUT2D eigenvalue weighted by molar-refractivity contribution is 5.96. The first kappa shape index (κ1) is 25.5. The van der Waals surface area contributed by atoms with Crippen molar-refractivity contribution in [3.8, 4) is 0 Å². The average Bonchev–Trinajstić information content (AvgIpc) is 3.00. The third-order valence-corrected chi connectivity index (χ3v) is 5.35. The molecular weight excluding hydrogens is 368 g/mol. The summed E-state index contributed by atoms with van der Waals surface area (Å²) < 4.78 is 15.6. The van der Waals surface area contributed by atoms with Crippen LogP contribution in [0.25, 0.3) is 0 Å². The smallest absolute Gasteiger partial charge is 0.374 e. The summed E-state index contributed by atoms with van der Waals surface area (Å²) in [6.07, 6.45) is 19.6. The molecule has 1 rings (SSSR count). The summed E-state index contributed by atoms with van der Waals surface area (Å²) in [5.41, 5.74) is -1.36. The minimum atomic E-state index is -1.36. The number of carbonyl (C=O) groups excluding carboxylic acids is 2. The maximum atomic E-state index is 11.9. The van der Waals surface area contributed by atoms with Gasteiger partial charge in [0.15, 0.2) is 0 Å². The van der Waals surface area contributed by atoms with E-state index in [9.17, 15) is 9.59 Å². The molecule has 0 spiro atoms. The van der Waals surface area contributed by atoms with Gasteiger partial charge in [0.05, 0.1) is 13.2 Å². The lowest BCUT2D eigenvalue weighted by molar-refractivity contribution is -0.170. The number of ether oxygens (including phenoxy) is 3. The number of carbonyl (C=O) groups is 2. The van der Waals surface area contributed by atoms with Crippen molar-refractivity contribution in [1.82, 2.24) is 0 Å². The van der Waals surface area contributed by atoms with E-state index in [0.717, 1.165) is 12.8 Å². The minimum absolute atomic E-state index is 0.121. The van der Waals surface area contributed by atoms with Crippen molar-refractivity contribution in [2.24, 2.45) is 0 Å². The van der Waals surface area contributed by atoms with Crippen molar-refractivity contribution in [2.75, 3.05) is 13.2 Å². The second-order valence-electron chi connectivity index (χ2n) is 8.17. The SMILES string of the molecule is CCCCCCCCCCCCCCCCOC1=CC(C)(C(=O)OCC)OC1=O. The van der Waals surface area contributed by atoms with Gasteiger partial charge in [-0.3, -0.25) is 0 Å². The molecule has 5 nitrogen and oxygen atoms in total. The first-order valence-electron chi connectivity index (χ1n) is 11.8. The van der Waals surface area contributed by atoms with Crippen LogP contribution >= 0.6 is 0 Å². The fourth-order valence-electron chi connectivity index (χ4n) is 3.54. The number of cyclic esters (lactones) is 1. The maximum absolute atomic E-state index is 11.9. The molecule has 0 amide bonds. The molecule has 0 bridgehead atoms. The van der Waals surface area contributed by atoms with Crippen molar-refractivity contribution >= 4 is 11.9 Å². The second-order valence-corrected chi connectivity index (χ2v) is 8.17. The lowest BCUT2D eigenvalue weighted by Gasteiger charge is -2.17. The van der Waals surface area contributed by atoms with Crippen molar-refractivity contribution in [3.05, 3.63) is 11.8 Å². The van der Waals surface area contributed by atoms with Crippen LogP contribution in [0.2, 0.25) is 0 Å². The Hall–Kier alpha value is -1.52. The molecule has 5 heteroatoms. The van der Waals surface area contributed by atoms with E-state index in [4.69, 9.17) is 14.2 Å². The van der Waals surface area contributed by atoms with Crippen LogP contribution in [0.1, 0.15) is 111 Å². The van der Waals surface area contributed by atoms with Gasteiger partial charge in [-0.05, 0) is 20.3 Å². The Bertz CT molecular complexity index is 499. The fourth-order valence-corrected chi connectivity index (χ4v) is 3.54. The molecule has 1 unspecified atom stereocenters. The van der Waals surface area contributed by atoms with E-state index in [2.05, 4.69) is 6.92 Å². The lowest BCUT2D eigenvalue weighted by Crippen LogP contribution is -2.36. The number of hydrogen-bond acceptors (Lipinski definition) is 5. The van der Waals surface area contributed by atoms with Gasteiger partial charge >= 0.3 is 11.9 Å². The summed E-state index contributed by atoms with van der Waals surface area (Å²) in [6.45, 7) is 6.21. The van der Waals surface area contributed by atoms with Gasteiger partial charge < -0.3 is 14.2 Å². The highest BCUT2D eigenvalue weighted by Crippen LogP contribution is 2.26. The Morgan fingerprint density at radius 2 is 1.34 bits per heavy atom. The largest absolute Gasteiger partial charge is 0.487 e. The molecule has 1 heterocycles. The Morgan fingerprint density at radius 1 is 0.862 bits per heavy atom. The quantitative estimate of drug-likeness (QED) is 0.197. The van der Waals surface area contributed by atoms with Gasteiger partial charge in [0.25, 0.3) is 0 Å². The number of hydrogen-bond donors (Lipinski definition) is 0. The first-order chi connectivity index (χ1) is 14.0. The summed E-state index contributed by atoms with van der Waals surface area (Å²) in [5, 5.41) is 0. The average molecular weight is 411 g/mol. The molecule has 0 aromatic rings. The molecule has 168 valence electrons. The summed E-state index contributed by atoms with van der Waals surface area (Å²) >= 11 is 0. The van der Waals surface area contributed by atoms with Crippen LogP contribution in [0, 0.1) is 0 Å². The molecule has 29 heavy (non-hydrogen) atoms. The van der Waals surface area contributed by atoms with E-state index >= 15 is 0 Å². The molecule has 0 aliphatic carbocycles. The van der Waals surface area contributed by atoms with E-state index < -0.39 is 17.5 Å². The van der Waals surface area contributed by atoms with Crippen molar-refractivity contribution in [2.45, 2.75) is 116 Å². The fraction of sp³-hybridized carbons (Fsp3) is 0.833. The lowest BCUT2D eigenvalue weighted by atomic mass is 10.0. The van der Waals surface area contributed by atoms with Crippen molar-refractivity contribution in [1.29, 1.82) is 0 Å². The molecular formula is C24H42O5. The van der Waals surface area contributed by atoms with E-state index in [1.54, 1.807) is 6.92 Å². The summed E-state index contributed by atoms with van der Waals surface area (Å²) in [4.78, 5) is 23.7. The summed E-state index contributed by atoms with van der Waals surface area (Å²) in [7, 11) is 0. The molecule has 0 radical (unpaired) electrons. The van der Waals surface area contributed by atoms with Crippen molar-refractivity contribution < 1.29 is 23.8 Å². The third-order valence-electron chi connectivity index (χ3n) is 5.35. The number of unbranched alkanes of at least 4 members (excludes halogenated alkanes) is 13. The van der Waals surface area contributed by atoms with E-state index in [0.29, 0.717) is 6.61 Å². The van der Waals surface area contributed by atoms with Crippen LogP contribution in [-0.2, 0) is 23.8 Å². The highest BCUT2D eigenvalue weighted by atomic mass is 16.6. The third kappa shape index (κ3) is 10.7. The van der Waals surface area contributed by atoms with E-state index in [-0.39, 0.29) is 12.4 Å². The van der Waals surface area contributed by atoms with Crippen LogP contribution in [-0.4, -0.2) is 30.8 Å². The van der Waals surface area contributed by atoms with Crippen LogP contribution in [0.15, 0.2) is 11.8 Å². The standard InChI is InChI=1S/C24H42O5/c1-4-6-7-8-9-10-11-12-13-14-15-16-17-18-19-28-21-20-24(3,29-22(21)25)23(26)27-5-2/h20H,4-19H2,1-3H3. The van der Waals surface area contributed by atoms with Gasteiger partial charge in [0, 0.05) is 6.08 Å². The highest BCUT2D eigenvalue weighted by Gasteiger charge is 2.44. The second kappa shape index (κ2) is 15.3. The molecule has 0 aromatic carbocycles. The molecule has 0 saturated carbocycles. The Kier molecular flexibility index (Phi) is 13.5. The van der Waals surface area contributed by atoms with Gasteiger partial charge in [-0.15, -0.1) is 0 Å². The van der Waals surface area contributed by atoms with E-state index in [1.807, 2.05) is 0 Å². The zero-order valence-corrected chi connectivity index (χ0v) is 18.9. The van der Waals surface area contributed by atoms with Crippen molar-refractivity contribution in [3.63, 3.8) is 0 Å². The topological polar surface area (TPSA) is 61.8 Å². The molecule has 1 atom stereocenters. The van der Waals surface area contributed by atoms with Crippen LogP contribution in [0.4, 0.5) is 0 Å². The van der Waals surface area contributed by atoms with Crippen LogP contribution in [0.3, 0.4) is 0 Å². The Morgan fingerprint density at radius 3 is 1.83 bits per heavy atom. The van der Waals surface area contributed by atoms with E-state index in [1.165, 1.54) is 90.0 Å². The predicted molar refractivity (Wildman–Crippen MR) is 115 cm³/mol. The van der Waals surface area contributed by atoms with Gasteiger partial charge in [0.1, 0.15) is 0 Å². The number of esters is 2. The molecule has 0 N–H and O–H groups in total. The Labute approximate surface area is 177 Å². The first-order valence-corrected chi connectivity index (χ1v) is 11.8. The molecule has 0 saturated heterocycles. The summed E-state index contributed by atoms with van der Waals surface area (Å²) in [5.74, 6) is -1.04.